The topological polar surface area (TPSA) is 76.2 Å². The summed E-state index contributed by atoms with van der Waals surface area (Å²) >= 11 is 6.38. The fourth-order valence-electron chi connectivity index (χ4n) is 4.00. The Kier molecular flexibility index (Phi) is 6.24. The van der Waals surface area contributed by atoms with Crippen molar-refractivity contribution in [1.29, 1.82) is 0 Å². The van der Waals surface area contributed by atoms with Gasteiger partial charge in [-0.05, 0) is 50.1 Å². The van der Waals surface area contributed by atoms with Crippen LogP contribution in [0.15, 0.2) is 59.9 Å². The highest BCUT2D eigenvalue weighted by molar-refractivity contribution is 6.32. The van der Waals surface area contributed by atoms with Gasteiger partial charge in [0, 0.05) is 22.5 Å². The van der Waals surface area contributed by atoms with Crippen molar-refractivity contribution in [2.24, 2.45) is 0 Å². The summed E-state index contributed by atoms with van der Waals surface area (Å²) in [4.78, 5) is 42.9. The lowest BCUT2D eigenvalue weighted by molar-refractivity contribution is -0.145. The predicted molar refractivity (Wildman–Crippen MR) is 124 cm³/mol. The summed E-state index contributed by atoms with van der Waals surface area (Å²) in [6.07, 6.45) is 2.77. The van der Waals surface area contributed by atoms with Gasteiger partial charge in [-0.2, -0.15) is 0 Å². The van der Waals surface area contributed by atoms with E-state index in [1.165, 1.54) is 4.90 Å². The van der Waals surface area contributed by atoms with Gasteiger partial charge in [0.25, 0.3) is 5.91 Å². The summed E-state index contributed by atoms with van der Waals surface area (Å²) in [7, 11) is 0. The lowest BCUT2D eigenvalue weighted by Gasteiger charge is -2.45. The van der Waals surface area contributed by atoms with Crippen LogP contribution in [0.3, 0.4) is 0 Å². The van der Waals surface area contributed by atoms with E-state index in [-0.39, 0.29) is 24.5 Å². The molecule has 33 heavy (non-hydrogen) atoms. The van der Waals surface area contributed by atoms with Gasteiger partial charge >= 0.3 is 11.9 Å². The molecule has 2 aliphatic rings. The molecular formula is C25H23ClN2O5. The zero-order chi connectivity index (χ0) is 23.7. The standard InChI is InChI=1S/C25H23ClN2O5/c1-4-32-24(30)20-21(25(31)33-5-2)27-13-12-16-8-6-7-9-18(16)22(27)28(23(20)29)17-11-10-15(3)19(26)14-17/h6-14,22H,4-5H2,1-3H3. The first-order chi connectivity index (χ1) is 15.9. The maximum Gasteiger partial charge on any atom is 0.356 e. The summed E-state index contributed by atoms with van der Waals surface area (Å²) in [5, 5.41) is 0.476. The second kappa shape index (κ2) is 9.11. The monoisotopic (exact) mass is 466 g/mol. The van der Waals surface area contributed by atoms with Gasteiger partial charge in [0.05, 0.1) is 13.2 Å². The Labute approximate surface area is 196 Å². The zero-order valence-electron chi connectivity index (χ0n) is 18.5. The Balaban J connectivity index is 2.00. The summed E-state index contributed by atoms with van der Waals surface area (Å²) in [6.45, 7) is 5.28. The van der Waals surface area contributed by atoms with E-state index in [2.05, 4.69) is 0 Å². The van der Waals surface area contributed by atoms with Crippen molar-refractivity contribution in [2.75, 3.05) is 18.1 Å². The first-order valence-electron chi connectivity index (χ1n) is 10.6. The molecule has 1 unspecified atom stereocenters. The molecule has 0 spiro atoms. The summed E-state index contributed by atoms with van der Waals surface area (Å²) < 4.78 is 10.4. The number of hydrogen-bond acceptors (Lipinski definition) is 6. The number of carbonyl (C=O) groups is 3. The molecule has 0 saturated carbocycles. The number of hydrogen-bond donors (Lipinski definition) is 0. The van der Waals surface area contributed by atoms with Crippen LogP contribution < -0.4 is 4.90 Å². The van der Waals surface area contributed by atoms with Crippen LogP contribution in [0.4, 0.5) is 5.69 Å². The van der Waals surface area contributed by atoms with E-state index in [1.807, 2.05) is 37.3 Å². The minimum absolute atomic E-state index is 0.0458. The maximum atomic E-state index is 13.9. The number of rotatable bonds is 5. The molecule has 2 aliphatic heterocycles. The summed E-state index contributed by atoms with van der Waals surface area (Å²) in [5.41, 5.74) is 2.48. The van der Waals surface area contributed by atoms with E-state index < -0.39 is 24.0 Å². The first-order valence-corrected chi connectivity index (χ1v) is 11.0. The van der Waals surface area contributed by atoms with Crippen molar-refractivity contribution in [2.45, 2.75) is 26.9 Å². The number of carbonyl (C=O) groups excluding carboxylic acids is 3. The van der Waals surface area contributed by atoms with Crippen LogP contribution in [0, 0.1) is 6.92 Å². The van der Waals surface area contributed by atoms with Crippen LogP contribution in [-0.4, -0.2) is 36.0 Å². The molecule has 0 saturated heterocycles. The highest BCUT2D eigenvalue weighted by Gasteiger charge is 2.47. The number of benzene rings is 2. The van der Waals surface area contributed by atoms with Crippen molar-refractivity contribution in [3.63, 3.8) is 0 Å². The van der Waals surface area contributed by atoms with E-state index in [9.17, 15) is 14.4 Å². The van der Waals surface area contributed by atoms with Crippen molar-refractivity contribution in [3.05, 3.63) is 81.6 Å². The fourth-order valence-corrected chi connectivity index (χ4v) is 4.17. The van der Waals surface area contributed by atoms with E-state index >= 15 is 0 Å². The molecule has 1 amide bonds. The molecule has 0 bridgehead atoms. The Morgan fingerprint density at radius 3 is 2.42 bits per heavy atom. The van der Waals surface area contributed by atoms with Crippen LogP contribution in [0.25, 0.3) is 6.08 Å². The number of fused-ring (bicyclic) bond motifs is 3. The number of anilines is 1. The molecule has 4 rings (SSSR count). The maximum absolute atomic E-state index is 13.9. The normalized spacial score (nSPS) is 17.0. The van der Waals surface area contributed by atoms with E-state index in [4.69, 9.17) is 21.1 Å². The average molecular weight is 467 g/mol. The van der Waals surface area contributed by atoms with Gasteiger partial charge < -0.3 is 14.4 Å². The molecule has 2 aromatic carbocycles. The van der Waals surface area contributed by atoms with Crippen LogP contribution >= 0.6 is 11.6 Å². The number of halogens is 1. The van der Waals surface area contributed by atoms with Gasteiger partial charge in [-0.25, -0.2) is 9.59 Å². The van der Waals surface area contributed by atoms with Gasteiger partial charge in [0.1, 0.15) is 11.9 Å². The summed E-state index contributed by atoms with van der Waals surface area (Å²) in [6, 6.07) is 12.8. The van der Waals surface area contributed by atoms with Gasteiger partial charge in [-0.15, -0.1) is 0 Å². The van der Waals surface area contributed by atoms with Crippen molar-refractivity contribution >= 4 is 41.2 Å². The second-order valence-corrected chi connectivity index (χ2v) is 7.91. The Morgan fingerprint density at radius 2 is 1.73 bits per heavy atom. The van der Waals surface area contributed by atoms with Crippen molar-refractivity contribution in [1.82, 2.24) is 4.90 Å². The molecule has 0 aromatic heterocycles. The van der Waals surface area contributed by atoms with Crippen molar-refractivity contribution < 1.29 is 23.9 Å². The van der Waals surface area contributed by atoms with Crippen molar-refractivity contribution in [3.8, 4) is 0 Å². The van der Waals surface area contributed by atoms with Gasteiger partial charge in [0.2, 0.25) is 0 Å². The molecule has 7 nitrogen and oxygen atoms in total. The number of aryl methyl sites for hydroxylation is 1. The number of amides is 1. The Bertz CT molecular complexity index is 1200. The highest BCUT2D eigenvalue weighted by Crippen LogP contribution is 2.44. The zero-order valence-corrected chi connectivity index (χ0v) is 19.3. The lowest BCUT2D eigenvalue weighted by atomic mass is 9.94. The second-order valence-electron chi connectivity index (χ2n) is 7.50. The summed E-state index contributed by atoms with van der Waals surface area (Å²) in [5.74, 6) is -2.33. The van der Waals surface area contributed by atoms with Gasteiger partial charge in [-0.1, -0.05) is 41.9 Å². The number of ether oxygens (including phenoxy) is 2. The molecule has 170 valence electrons. The van der Waals surface area contributed by atoms with Gasteiger partial charge in [0.15, 0.2) is 5.57 Å². The van der Waals surface area contributed by atoms with Crippen LogP contribution in [0.1, 0.15) is 36.7 Å². The quantitative estimate of drug-likeness (QED) is 0.481. The van der Waals surface area contributed by atoms with Crippen LogP contribution in [0.5, 0.6) is 0 Å². The number of nitrogens with zero attached hydrogens (tertiary/aromatic N) is 2. The Hall–Kier alpha value is -3.58. The molecule has 0 N–H and O–H groups in total. The minimum Gasteiger partial charge on any atom is -0.462 e. The smallest absolute Gasteiger partial charge is 0.356 e. The third-order valence-electron chi connectivity index (χ3n) is 5.51. The molecule has 0 fully saturated rings. The Morgan fingerprint density at radius 1 is 1.03 bits per heavy atom. The van der Waals surface area contributed by atoms with Crippen LogP contribution in [-0.2, 0) is 23.9 Å². The lowest BCUT2D eigenvalue weighted by Crippen LogP contribution is -2.52. The van der Waals surface area contributed by atoms with Gasteiger partial charge in [-0.3, -0.25) is 9.69 Å². The SMILES string of the molecule is CCOC(=O)C1=C(C(=O)OCC)N2C=Cc3ccccc3C2N(c2ccc(C)c(Cl)c2)C1=O. The molecule has 1 atom stereocenters. The third kappa shape index (κ3) is 3.89. The van der Waals surface area contributed by atoms with E-state index in [0.29, 0.717) is 10.7 Å². The fraction of sp³-hybridized carbons (Fsp3) is 0.240. The molecule has 2 aromatic rings. The van der Waals surface area contributed by atoms with E-state index in [1.54, 1.807) is 43.1 Å². The van der Waals surface area contributed by atoms with Crippen LogP contribution in [0.2, 0.25) is 5.02 Å². The first kappa shape index (κ1) is 22.6. The molecular weight excluding hydrogens is 444 g/mol. The number of esters is 2. The molecule has 0 radical (unpaired) electrons. The minimum atomic E-state index is -0.889. The predicted octanol–water partition coefficient (Wildman–Crippen LogP) is 4.36. The average Bonchev–Trinajstić information content (AvgIpc) is 2.80. The van der Waals surface area contributed by atoms with E-state index in [0.717, 1.165) is 16.7 Å². The molecule has 2 heterocycles. The highest BCUT2D eigenvalue weighted by atomic mass is 35.5. The largest absolute Gasteiger partial charge is 0.462 e. The third-order valence-corrected chi connectivity index (χ3v) is 5.91. The molecule has 8 heteroatoms. The molecule has 0 aliphatic carbocycles.